The Morgan fingerprint density at radius 3 is 2.36 bits per heavy atom. The van der Waals surface area contributed by atoms with Crippen molar-refractivity contribution in [2.75, 3.05) is 10.8 Å². The van der Waals surface area contributed by atoms with Crippen molar-refractivity contribution in [1.82, 2.24) is 9.97 Å². The van der Waals surface area contributed by atoms with Crippen LogP contribution in [-0.4, -0.2) is 46.2 Å². The highest BCUT2D eigenvalue weighted by atomic mass is 32.2. The third-order valence-electron chi connectivity index (χ3n) is 6.14. The fourth-order valence-electron chi connectivity index (χ4n) is 3.99. The van der Waals surface area contributed by atoms with E-state index in [2.05, 4.69) is 9.97 Å². The minimum absolute atomic E-state index is 0.102. The Bertz CT molecular complexity index is 1750. The molecule has 0 N–H and O–H groups in total. The van der Waals surface area contributed by atoms with Crippen LogP contribution in [0.4, 0.5) is 15.8 Å². The second-order valence-electron chi connectivity index (χ2n) is 11.2. The number of anilines is 1. The van der Waals surface area contributed by atoms with E-state index >= 15 is 0 Å². The molecule has 2 aromatic carbocycles. The van der Waals surface area contributed by atoms with Gasteiger partial charge in [0, 0.05) is 30.0 Å². The molecular weight excluding hydrogens is 628 g/mol. The SMILES string of the molecule is CC(C)(C)OC(=O)C(C)(C)Sc1nc(CCN(c2ccc(-c3ccc(F)cc3)nc2)S(=O)(=O)c2ccccc2[N+](=O)[O-])cs1. The lowest BCUT2D eigenvalue weighted by atomic mass is 10.1. The normalized spacial score (nSPS) is 12.1. The molecule has 0 unspecified atom stereocenters. The van der Waals surface area contributed by atoms with Gasteiger partial charge in [-0.1, -0.05) is 23.9 Å². The van der Waals surface area contributed by atoms with Gasteiger partial charge in [0.05, 0.1) is 28.2 Å². The van der Waals surface area contributed by atoms with E-state index in [-0.39, 0.29) is 24.6 Å². The molecule has 0 bridgehead atoms. The summed E-state index contributed by atoms with van der Waals surface area (Å²) in [4.78, 5) is 32.2. The number of carbonyl (C=O) groups excluding carboxylic acids is 1. The van der Waals surface area contributed by atoms with Crippen molar-refractivity contribution < 1.29 is 27.3 Å². The number of aromatic nitrogens is 2. The van der Waals surface area contributed by atoms with Crippen LogP contribution in [0.3, 0.4) is 0 Å². The van der Waals surface area contributed by atoms with E-state index in [4.69, 9.17) is 4.74 Å². The summed E-state index contributed by atoms with van der Waals surface area (Å²) in [7, 11) is -4.42. The Balaban J connectivity index is 1.62. The molecule has 4 rings (SSSR count). The van der Waals surface area contributed by atoms with Gasteiger partial charge in [-0.2, -0.15) is 0 Å². The average Bonchev–Trinajstić information content (AvgIpc) is 3.39. The van der Waals surface area contributed by atoms with Crippen LogP contribution in [0.2, 0.25) is 0 Å². The summed E-state index contributed by atoms with van der Waals surface area (Å²) in [5, 5.41) is 13.5. The number of nitrogens with zero attached hydrogens (tertiary/aromatic N) is 4. The van der Waals surface area contributed by atoms with Crippen LogP contribution >= 0.6 is 23.1 Å². The fraction of sp³-hybridized carbons (Fsp3) is 0.300. The van der Waals surface area contributed by atoms with Crippen LogP contribution in [0, 0.1) is 15.9 Å². The quantitative estimate of drug-likeness (QED) is 0.0730. The second kappa shape index (κ2) is 13.0. The number of esters is 1. The molecule has 232 valence electrons. The number of para-hydroxylation sites is 1. The zero-order valence-electron chi connectivity index (χ0n) is 24.7. The van der Waals surface area contributed by atoms with Gasteiger partial charge in [0.15, 0.2) is 9.24 Å². The highest BCUT2D eigenvalue weighted by Gasteiger charge is 2.35. The van der Waals surface area contributed by atoms with Gasteiger partial charge in [0.1, 0.15) is 16.2 Å². The van der Waals surface area contributed by atoms with E-state index in [9.17, 15) is 27.7 Å². The minimum Gasteiger partial charge on any atom is -0.459 e. The van der Waals surface area contributed by atoms with Crippen LogP contribution in [0.5, 0.6) is 0 Å². The standard InChI is InChI=1S/C30H31FN4O6S3/c1-29(2,3)41-27(36)30(4,5)43-28-33-22(19-42-28)16-17-34(44(39,40)26-9-7-6-8-25(26)35(37)38)23-14-15-24(32-18-23)20-10-12-21(31)13-11-20/h6-15,18-19H,16-17H2,1-5H3. The minimum atomic E-state index is -4.42. The van der Waals surface area contributed by atoms with E-state index in [1.54, 1.807) is 64.3 Å². The number of nitro benzene ring substituents is 1. The molecule has 0 amide bonds. The van der Waals surface area contributed by atoms with E-state index in [0.29, 0.717) is 21.3 Å². The molecule has 44 heavy (non-hydrogen) atoms. The van der Waals surface area contributed by atoms with Crippen LogP contribution in [0.15, 0.2) is 81.5 Å². The second-order valence-corrected chi connectivity index (χ2v) is 15.7. The molecule has 2 heterocycles. The van der Waals surface area contributed by atoms with Crippen LogP contribution in [-0.2, 0) is 26.0 Å². The van der Waals surface area contributed by atoms with Gasteiger partial charge in [-0.05, 0) is 77.1 Å². The van der Waals surface area contributed by atoms with Crippen molar-refractivity contribution in [2.24, 2.45) is 0 Å². The smallest absolute Gasteiger partial charge is 0.322 e. The molecule has 0 fully saturated rings. The Kier molecular flexibility index (Phi) is 9.76. The van der Waals surface area contributed by atoms with Gasteiger partial charge >= 0.3 is 5.97 Å². The number of rotatable bonds is 11. The number of hydrogen-bond donors (Lipinski definition) is 0. The Morgan fingerprint density at radius 1 is 1.07 bits per heavy atom. The topological polar surface area (TPSA) is 133 Å². The number of halogens is 1. The molecule has 0 saturated carbocycles. The largest absolute Gasteiger partial charge is 0.459 e. The third-order valence-corrected chi connectivity index (χ3v) is 10.2. The lowest BCUT2D eigenvalue weighted by Crippen LogP contribution is -2.36. The van der Waals surface area contributed by atoms with E-state index in [1.807, 2.05) is 0 Å². The summed E-state index contributed by atoms with van der Waals surface area (Å²) >= 11 is 2.56. The maximum atomic E-state index is 13.9. The molecule has 0 radical (unpaired) electrons. The van der Waals surface area contributed by atoms with Crippen molar-refractivity contribution in [1.29, 1.82) is 0 Å². The first-order valence-corrected chi connectivity index (χ1v) is 16.6. The number of carbonyl (C=O) groups is 1. The Morgan fingerprint density at radius 2 is 1.75 bits per heavy atom. The first-order valence-electron chi connectivity index (χ1n) is 13.4. The molecule has 0 saturated heterocycles. The number of ether oxygens (including phenoxy) is 1. The van der Waals surface area contributed by atoms with E-state index < -0.39 is 41.7 Å². The molecule has 2 aromatic heterocycles. The average molecular weight is 659 g/mol. The Hall–Kier alpha value is -3.88. The highest BCUT2D eigenvalue weighted by Crippen LogP contribution is 2.37. The van der Waals surface area contributed by atoms with Gasteiger partial charge < -0.3 is 4.74 Å². The summed E-state index contributed by atoms with van der Waals surface area (Å²) in [6.07, 6.45) is 1.53. The number of thioether (sulfide) groups is 1. The van der Waals surface area contributed by atoms with E-state index in [1.165, 1.54) is 59.6 Å². The molecular formula is C30H31FN4O6S3. The predicted octanol–water partition coefficient (Wildman–Crippen LogP) is 6.90. The maximum absolute atomic E-state index is 13.9. The Labute approximate surface area is 263 Å². The number of pyridine rings is 1. The molecule has 4 aromatic rings. The highest BCUT2D eigenvalue weighted by molar-refractivity contribution is 8.03. The summed E-state index contributed by atoms with van der Waals surface area (Å²) in [5.74, 6) is -0.783. The first kappa shape index (κ1) is 33.0. The summed E-state index contributed by atoms with van der Waals surface area (Å²) in [6, 6.07) is 14.0. The summed E-state index contributed by atoms with van der Waals surface area (Å²) in [5.41, 5.74) is 0.697. The van der Waals surface area contributed by atoms with Gasteiger partial charge in [-0.25, -0.2) is 17.8 Å². The lowest BCUT2D eigenvalue weighted by molar-refractivity contribution is -0.387. The van der Waals surface area contributed by atoms with Crippen LogP contribution < -0.4 is 4.31 Å². The number of thiazole rings is 1. The molecule has 0 aliphatic heterocycles. The monoisotopic (exact) mass is 658 g/mol. The number of nitro groups is 1. The van der Waals surface area contributed by atoms with Crippen molar-refractivity contribution in [3.63, 3.8) is 0 Å². The molecule has 0 spiro atoms. The summed E-state index contributed by atoms with van der Waals surface area (Å²) < 4.78 is 47.5. The first-order chi connectivity index (χ1) is 20.6. The third kappa shape index (κ3) is 7.98. The molecule has 0 aliphatic carbocycles. The zero-order chi connectivity index (χ0) is 32.3. The van der Waals surface area contributed by atoms with Gasteiger partial charge in [-0.15, -0.1) is 11.3 Å². The zero-order valence-corrected chi connectivity index (χ0v) is 27.1. The molecule has 0 atom stereocenters. The number of sulfonamides is 1. The number of benzene rings is 2. The van der Waals surface area contributed by atoms with Gasteiger partial charge in [0.25, 0.3) is 15.7 Å². The van der Waals surface area contributed by atoms with Gasteiger partial charge in [-0.3, -0.25) is 24.2 Å². The lowest BCUT2D eigenvalue weighted by Gasteiger charge is -2.27. The van der Waals surface area contributed by atoms with E-state index in [0.717, 1.165) is 10.4 Å². The summed E-state index contributed by atoms with van der Waals surface area (Å²) in [6.45, 7) is 8.77. The van der Waals surface area contributed by atoms with Crippen molar-refractivity contribution >= 4 is 50.5 Å². The fourth-order valence-corrected chi connectivity index (χ4v) is 7.86. The van der Waals surface area contributed by atoms with Crippen molar-refractivity contribution in [3.8, 4) is 11.3 Å². The van der Waals surface area contributed by atoms with Crippen LogP contribution in [0.25, 0.3) is 11.3 Å². The van der Waals surface area contributed by atoms with Crippen molar-refractivity contribution in [3.05, 3.63) is 93.9 Å². The molecule has 0 aliphatic rings. The van der Waals surface area contributed by atoms with Crippen molar-refractivity contribution in [2.45, 2.75) is 60.6 Å². The number of hydrogen-bond acceptors (Lipinski definition) is 10. The maximum Gasteiger partial charge on any atom is 0.322 e. The predicted molar refractivity (Wildman–Crippen MR) is 169 cm³/mol. The van der Waals surface area contributed by atoms with Gasteiger partial charge in [0.2, 0.25) is 0 Å². The molecule has 10 nitrogen and oxygen atoms in total. The van der Waals surface area contributed by atoms with Crippen LogP contribution in [0.1, 0.15) is 40.3 Å². The molecule has 14 heteroatoms.